The molecule has 1 aliphatic heterocycles. The van der Waals surface area contributed by atoms with E-state index in [-0.39, 0.29) is 11.6 Å². The smallest absolute Gasteiger partial charge is 0.354 e. The number of anilines is 1. The third kappa shape index (κ3) is 2.84. The van der Waals surface area contributed by atoms with E-state index < -0.39 is 5.97 Å². The van der Waals surface area contributed by atoms with Crippen molar-refractivity contribution in [1.82, 2.24) is 4.98 Å². The number of nitrogens with zero attached hydrogens (tertiary/aromatic N) is 1. The van der Waals surface area contributed by atoms with Gasteiger partial charge in [0.25, 0.3) is 0 Å². The second-order valence-corrected chi connectivity index (χ2v) is 4.65. The predicted molar refractivity (Wildman–Crippen MR) is 74.7 cm³/mol. The number of carbonyl (C=O) groups is 2. The number of aromatic carboxylic acids is 1. The van der Waals surface area contributed by atoms with Gasteiger partial charge in [0.2, 0.25) is 5.91 Å². The van der Waals surface area contributed by atoms with Crippen LogP contribution >= 0.6 is 0 Å². The lowest BCUT2D eigenvalue weighted by atomic mass is 10.0. The molecular formula is C15H12N2O4. The third-order valence-electron chi connectivity index (χ3n) is 3.16. The van der Waals surface area contributed by atoms with Gasteiger partial charge in [-0.05, 0) is 42.3 Å². The molecule has 1 aromatic heterocycles. The number of hydrogen-bond acceptors (Lipinski definition) is 4. The largest absolute Gasteiger partial charge is 0.477 e. The van der Waals surface area contributed by atoms with Crippen LogP contribution in [-0.4, -0.2) is 22.0 Å². The number of pyridine rings is 1. The highest BCUT2D eigenvalue weighted by Gasteiger charge is 2.15. The summed E-state index contributed by atoms with van der Waals surface area (Å²) in [5.41, 5.74) is 1.79. The molecule has 106 valence electrons. The van der Waals surface area contributed by atoms with Crippen LogP contribution in [0.5, 0.6) is 11.5 Å². The standard InChI is InChI=1S/C15H12N2O4/c18-14-6-1-9-7-10(2-4-12(9)17-14)21-11-3-5-13(15(19)20)16-8-11/h2-5,7-8H,1,6H2,(H,17,18)(H,19,20). The molecule has 6 nitrogen and oxygen atoms in total. The van der Waals surface area contributed by atoms with Crippen molar-refractivity contribution < 1.29 is 19.4 Å². The second-order valence-electron chi connectivity index (χ2n) is 4.65. The van der Waals surface area contributed by atoms with E-state index in [4.69, 9.17) is 9.84 Å². The number of fused-ring (bicyclic) bond motifs is 1. The zero-order valence-corrected chi connectivity index (χ0v) is 11.0. The van der Waals surface area contributed by atoms with E-state index in [1.807, 2.05) is 6.07 Å². The van der Waals surface area contributed by atoms with Gasteiger partial charge >= 0.3 is 5.97 Å². The van der Waals surface area contributed by atoms with Crippen molar-refractivity contribution in [2.45, 2.75) is 12.8 Å². The number of benzene rings is 1. The lowest BCUT2D eigenvalue weighted by Crippen LogP contribution is -2.18. The monoisotopic (exact) mass is 284 g/mol. The molecule has 6 heteroatoms. The highest BCUT2D eigenvalue weighted by molar-refractivity contribution is 5.94. The van der Waals surface area contributed by atoms with Crippen LogP contribution in [0, 0.1) is 0 Å². The van der Waals surface area contributed by atoms with E-state index >= 15 is 0 Å². The maximum absolute atomic E-state index is 11.3. The molecule has 2 heterocycles. The van der Waals surface area contributed by atoms with E-state index in [1.165, 1.54) is 12.3 Å². The Hall–Kier alpha value is -2.89. The number of aryl methyl sites for hydroxylation is 1. The van der Waals surface area contributed by atoms with Crippen molar-refractivity contribution in [1.29, 1.82) is 0 Å². The molecular weight excluding hydrogens is 272 g/mol. The number of carboxylic acid groups (broad SMARTS) is 1. The van der Waals surface area contributed by atoms with Gasteiger partial charge in [0, 0.05) is 12.1 Å². The van der Waals surface area contributed by atoms with Gasteiger partial charge in [-0.1, -0.05) is 0 Å². The van der Waals surface area contributed by atoms with Gasteiger partial charge in [0.05, 0.1) is 6.20 Å². The fourth-order valence-electron chi connectivity index (χ4n) is 2.13. The third-order valence-corrected chi connectivity index (χ3v) is 3.16. The minimum atomic E-state index is -1.08. The normalized spacial score (nSPS) is 13.2. The molecule has 0 atom stereocenters. The van der Waals surface area contributed by atoms with Crippen LogP contribution in [0.4, 0.5) is 5.69 Å². The van der Waals surface area contributed by atoms with E-state index in [0.29, 0.717) is 24.3 Å². The summed E-state index contributed by atoms with van der Waals surface area (Å²) in [4.78, 5) is 25.8. The summed E-state index contributed by atoms with van der Waals surface area (Å²) in [6.45, 7) is 0. The fourth-order valence-corrected chi connectivity index (χ4v) is 2.13. The first-order chi connectivity index (χ1) is 10.1. The molecule has 1 aliphatic rings. The molecule has 0 aliphatic carbocycles. The predicted octanol–water partition coefficient (Wildman–Crippen LogP) is 2.46. The van der Waals surface area contributed by atoms with Crippen LogP contribution in [0.25, 0.3) is 0 Å². The zero-order valence-electron chi connectivity index (χ0n) is 11.0. The number of carbonyl (C=O) groups excluding carboxylic acids is 1. The minimum Gasteiger partial charge on any atom is -0.477 e. The fraction of sp³-hybridized carbons (Fsp3) is 0.133. The number of amides is 1. The van der Waals surface area contributed by atoms with Crippen molar-refractivity contribution in [2.75, 3.05) is 5.32 Å². The van der Waals surface area contributed by atoms with Gasteiger partial charge < -0.3 is 15.2 Å². The molecule has 2 N–H and O–H groups in total. The zero-order chi connectivity index (χ0) is 14.8. The Kier molecular flexibility index (Phi) is 3.27. The van der Waals surface area contributed by atoms with Gasteiger partial charge in [0.15, 0.2) is 0 Å². The number of ether oxygens (including phenoxy) is 1. The summed E-state index contributed by atoms with van der Waals surface area (Å²) in [6.07, 6.45) is 2.50. The number of carboxylic acids is 1. The lowest BCUT2D eigenvalue weighted by molar-refractivity contribution is -0.116. The Morgan fingerprint density at radius 3 is 2.71 bits per heavy atom. The molecule has 1 amide bonds. The lowest BCUT2D eigenvalue weighted by Gasteiger charge is -2.17. The number of rotatable bonds is 3. The molecule has 0 saturated heterocycles. The number of nitrogens with one attached hydrogen (secondary N) is 1. The van der Waals surface area contributed by atoms with E-state index in [2.05, 4.69) is 10.3 Å². The second kappa shape index (κ2) is 5.24. The van der Waals surface area contributed by atoms with Crippen LogP contribution < -0.4 is 10.1 Å². The SMILES string of the molecule is O=C1CCc2cc(Oc3ccc(C(=O)O)nc3)ccc2N1. The van der Waals surface area contributed by atoms with Gasteiger partial charge in [-0.25, -0.2) is 9.78 Å². The summed E-state index contributed by atoms with van der Waals surface area (Å²) in [6, 6.07) is 8.34. The highest BCUT2D eigenvalue weighted by atomic mass is 16.5. The Bertz CT molecular complexity index is 710. The van der Waals surface area contributed by atoms with Gasteiger partial charge in [-0.15, -0.1) is 0 Å². The first-order valence-electron chi connectivity index (χ1n) is 6.42. The Morgan fingerprint density at radius 1 is 1.19 bits per heavy atom. The van der Waals surface area contributed by atoms with Crippen molar-refractivity contribution in [2.24, 2.45) is 0 Å². The van der Waals surface area contributed by atoms with Crippen LogP contribution in [-0.2, 0) is 11.2 Å². The Morgan fingerprint density at radius 2 is 2.00 bits per heavy atom. The molecule has 0 spiro atoms. The average molecular weight is 284 g/mol. The summed E-state index contributed by atoms with van der Waals surface area (Å²) in [5, 5.41) is 11.6. The molecule has 0 bridgehead atoms. The van der Waals surface area contributed by atoms with E-state index in [1.54, 1.807) is 18.2 Å². The summed E-state index contributed by atoms with van der Waals surface area (Å²) in [5.74, 6) is 0.0188. The van der Waals surface area contributed by atoms with Crippen molar-refractivity contribution in [3.63, 3.8) is 0 Å². The summed E-state index contributed by atoms with van der Waals surface area (Å²) in [7, 11) is 0. The van der Waals surface area contributed by atoms with Crippen LogP contribution in [0.2, 0.25) is 0 Å². The maximum atomic E-state index is 11.3. The molecule has 21 heavy (non-hydrogen) atoms. The van der Waals surface area contributed by atoms with Gasteiger partial charge in [-0.2, -0.15) is 0 Å². The van der Waals surface area contributed by atoms with Crippen LogP contribution in [0.3, 0.4) is 0 Å². The van der Waals surface area contributed by atoms with Crippen LogP contribution in [0.15, 0.2) is 36.5 Å². The first kappa shape index (κ1) is 13.1. The summed E-state index contributed by atoms with van der Waals surface area (Å²) < 4.78 is 5.64. The number of hydrogen-bond donors (Lipinski definition) is 2. The number of aromatic nitrogens is 1. The van der Waals surface area contributed by atoms with Crippen LogP contribution in [0.1, 0.15) is 22.5 Å². The Labute approximate surface area is 120 Å². The Balaban J connectivity index is 1.79. The molecule has 0 fully saturated rings. The van der Waals surface area contributed by atoms with E-state index in [9.17, 15) is 9.59 Å². The topological polar surface area (TPSA) is 88.5 Å². The molecule has 0 unspecified atom stereocenters. The van der Waals surface area contributed by atoms with Crippen molar-refractivity contribution in [3.8, 4) is 11.5 Å². The quantitative estimate of drug-likeness (QED) is 0.903. The molecule has 0 saturated carbocycles. The molecule has 3 rings (SSSR count). The van der Waals surface area contributed by atoms with Gasteiger partial charge in [-0.3, -0.25) is 4.79 Å². The van der Waals surface area contributed by atoms with Gasteiger partial charge in [0.1, 0.15) is 17.2 Å². The average Bonchev–Trinajstić information content (AvgIpc) is 2.48. The van der Waals surface area contributed by atoms with E-state index in [0.717, 1.165) is 11.3 Å². The maximum Gasteiger partial charge on any atom is 0.354 e. The first-order valence-corrected chi connectivity index (χ1v) is 6.42. The molecule has 2 aromatic rings. The minimum absolute atomic E-state index is 0.0182. The molecule has 0 radical (unpaired) electrons. The summed E-state index contributed by atoms with van der Waals surface area (Å²) >= 11 is 0. The van der Waals surface area contributed by atoms with Crippen molar-refractivity contribution in [3.05, 3.63) is 47.8 Å². The molecule has 1 aromatic carbocycles. The highest BCUT2D eigenvalue weighted by Crippen LogP contribution is 2.29. The van der Waals surface area contributed by atoms with Crippen molar-refractivity contribution >= 4 is 17.6 Å².